The van der Waals surface area contributed by atoms with Gasteiger partial charge in [0.1, 0.15) is 18.4 Å². The molecule has 2 amide bonds. The Balaban J connectivity index is 1.49. The first kappa shape index (κ1) is 22.2. The molecule has 168 valence electrons. The molecule has 32 heavy (non-hydrogen) atoms. The van der Waals surface area contributed by atoms with Gasteiger partial charge in [-0.25, -0.2) is 0 Å². The van der Waals surface area contributed by atoms with Crippen LogP contribution >= 0.6 is 11.6 Å². The number of carbonyl (C=O) groups excluding carboxylic acids is 2. The second-order valence-corrected chi connectivity index (χ2v) is 8.50. The minimum Gasteiger partial charge on any atom is -0.497 e. The van der Waals surface area contributed by atoms with Gasteiger partial charge < -0.3 is 19.7 Å². The Hall–Kier alpha value is -2.99. The topological polar surface area (TPSA) is 67.9 Å². The number of methoxy groups -OCH3 is 1. The average molecular weight is 455 g/mol. The van der Waals surface area contributed by atoms with Crippen molar-refractivity contribution in [1.29, 1.82) is 0 Å². The van der Waals surface area contributed by atoms with Gasteiger partial charge in [-0.05, 0) is 54.7 Å². The van der Waals surface area contributed by atoms with Crippen LogP contribution in [-0.4, -0.2) is 42.5 Å². The van der Waals surface area contributed by atoms with E-state index in [4.69, 9.17) is 21.1 Å². The van der Waals surface area contributed by atoms with E-state index in [0.29, 0.717) is 11.6 Å². The zero-order chi connectivity index (χ0) is 22.5. The molecular weight excluding hydrogens is 428 g/mol. The highest BCUT2D eigenvalue weighted by molar-refractivity contribution is 6.31. The first-order valence-corrected chi connectivity index (χ1v) is 11.3. The summed E-state index contributed by atoms with van der Waals surface area (Å²) >= 11 is 6.18. The normalized spacial score (nSPS) is 21.6. The second-order valence-electron chi connectivity index (χ2n) is 8.09. The van der Waals surface area contributed by atoms with Gasteiger partial charge in [-0.3, -0.25) is 9.59 Å². The van der Waals surface area contributed by atoms with Crippen LogP contribution in [0.5, 0.6) is 5.75 Å². The monoisotopic (exact) mass is 454 g/mol. The summed E-state index contributed by atoms with van der Waals surface area (Å²) in [4.78, 5) is 27.7. The lowest BCUT2D eigenvalue weighted by atomic mass is 9.89. The molecule has 2 aliphatic rings. The molecule has 1 saturated heterocycles. The van der Waals surface area contributed by atoms with E-state index in [2.05, 4.69) is 5.32 Å². The van der Waals surface area contributed by atoms with E-state index in [-0.39, 0.29) is 36.3 Å². The van der Waals surface area contributed by atoms with Crippen LogP contribution in [-0.2, 0) is 20.9 Å². The summed E-state index contributed by atoms with van der Waals surface area (Å²) in [5.41, 5.74) is 1.68. The predicted octanol–water partition coefficient (Wildman–Crippen LogP) is 4.18. The van der Waals surface area contributed by atoms with Gasteiger partial charge in [-0.15, -0.1) is 0 Å². The van der Waals surface area contributed by atoms with Crippen molar-refractivity contribution in [2.45, 2.75) is 44.4 Å². The lowest BCUT2D eigenvalue weighted by Gasteiger charge is -2.44. The molecule has 1 N–H and O–H groups in total. The first-order chi connectivity index (χ1) is 15.5. The number of nitrogens with one attached hydrogen (secondary N) is 1. The Bertz CT molecular complexity index is 1010. The number of fused-ring (bicyclic) bond motifs is 1. The molecule has 0 bridgehead atoms. The summed E-state index contributed by atoms with van der Waals surface area (Å²) in [6.45, 7) is 0.313. The number of hydrogen-bond donors (Lipinski definition) is 1. The molecule has 1 saturated carbocycles. The van der Waals surface area contributed by atoms with Gasteiger partial charge in [0.15, 0.2) is 5.76 Å². The molecule has 0 aromatic heterocycles. The van der Waals surface area contributed by atoms with Crippen LogP contribution in [0.2, 0.25) is 5.02 Å². The number of nitrogens with zero attached hydrogens (tertiary/aromatic N) is 1. The largest absolute Gasteiger partial charge is 0.497 e. The van der Waals surface area contributed by atoms with Crippen molar-refractivity contribution >= 4 is 29.5 Å². The summed E-state index contributed by atoms with van der Waals surface area (Å²) in [7, 11) is 1.61. The van der Waals surface area contributed by atoms with Gasteiger partial charge in [-0.1, -0.05) is 48.4 Å². The van der Waals surface area contributed by atoms with Crippen LogP contribution in [0, 0.1) is 0 Å². The summed E-state index contributed by atoms with van der Waals surface area (Å²) in [6, 6.07) is 14.7. The Morgan fingerprint density at radius 1 is 1.19 bits per heavy atom. The number of rotatable bonds is 6. The SMILES string of the molecule is COc1ccc(/C=C2/OC3CCCCC3N(CC(=O)NCc3ccccc3Cl)C2=O)cc1. The first-order valence-electron chi connectivity index (χ1n) is 10.9. The summed E-state index contributed by atoms with van der Waals surface area (Å²) in [5, 5.41) is 3.49. The highest BCUT2D eigenvalue weighted by Gasteiger charge is 2.42. The number of morpholine rings is 1. The fraction of sp³-hybridized carbons (Fsp3) is 0.360. The fourth-order valence-electron chi connectivity index (χ4n) is 4.26. The van der Waals surface area contributed by atoms with Gasteiger partial charge in [0.25, 0.3) is 5.91 Å². The van der Waals surface area contributed by atoms with E-state index in [9.17, 15) is 9.59 Å². The number of carbonyl (C=O) groups is 2. The highest BCUT2D eigenvalue weighted by atomic mass is 35.5. The Morgan fingerprint density at radius 2 is 1.94 bits per heavy atom. The van der Waals surface area contributed by atoms with Crippen LogP contribution in [0.4, 0.5) is 0 Å². The van der Waals surface area contributed by atoms with Gasteiger partial charge in [0.05, 0.1) is 13.2 Å². The average Bonchev–Trinajstić information content (AvgIpc) is 2.81. The highest BCUT2D eigenvalue weighted by Crippen LogP contribution is 2.33. The molecule has 2 unspecified atom stereocenters. The maximum atomic E-state index is 13.3. The maximum absolute atomic E-state index is 13.3. The minimum atomic E-state index is -0.253. The number of benzene rings is 2. The van der Waals surface area contributed by atoms with Crippen molar-refractivity contribution in [2.24, 2.45) is 0 Å². The molecule has 2 aromatic rings. The Kier molecular flexibility index (Phi) is 7.00. The van der Waals surface area contributed by atoms with Crippen molar-refractivity contribution in [1.82, 2.24) is 10.2 Å². The van der Waals surface area contributed by atoms with Crippen molar-refractivity contribution in [2.75, 3.05) is 13.7 Å². The molecule has 0 radical (unpaired) electrons. The van der Waals surface area contributed by atoms with Crippen molar-refractivity contribution in [3.8, 4) is 5.75 Å². The van der Waals surface area contributed by atoms with Crippen molar-refractivity contribution < 1.29 is 19.1 Å². The molecule has 7 heteroatoms. The number of halogens is 1. The third-order valence-corrected chi connectivity index (χ3v) is 6.35. The van der Waals surface area contributed by atoms with Crippen LogP contribution in [0.15, 0.2) is 54.3 Å². The Labute approximate surface area is 193 Å². The molecule has 2 fully saturated rings. The molecule has 1 aliphatic carbocycles. The Morgan fingerprint density at radius 3 is 2.69 bits per heavy atom. The summed E-state index contributed by atoms with van der Waals surface area (Å²) in [5.74, 6) is 0.551. The molecule has 0 spiro atoms. The summed E-state index contributed by atoms with van der Waals surface area (Å²) in [6.07, 6.45) is 5.42. The lowest BCUT2D eigenvalue weighted by Crippen LogP contribution is -2.57. The quantitative estimate of drug-likeness (QED) is 0.665. The number of amides is 2. The minimum absolute atomic E-state index is 0.00619. The standard InChI is InChI=1S/C25H27ClN2O4/c1-31-19-12-10-17(11-13-19)14-23-25(30)28(21-8-4-5-9-22(21)32-23)16-24(29)27-15-18-6-2-3-7-20(18)26/h2-3,6-7,10-14,21-22H,4-5,8-9,15-16H2,1H3,(H,27,29)/b23-14+. The van der Waals surface area contributed by atoms with E-state index in [0.717, 1.165) is 42.6 Å². The third-order valence-electron chi connectivity index (χ3n) is 5.98. The van der Waals surface area contributed by atoms with E-state index in [1.807, 2.05) is 42.5 Å². The van der Waals surface area contributed by atoms with Crippen molar-refractivity contribution in [3.05, 3.63) is 70.4 Å². The molecule has 2 atom stereocenters. The van der Waals surface area contributed by atoms with E-state index >= 15 is 0 Å². The van der Waals surface area contributed by atoms with E-state index < -0.39 is 0 Å². The van der Waals surface area contributed by atoms with Crippen molar-refractivity contribution in [3.63, 3.8) is 0 Å². The predicted molar refractivity (Wildman–Crippen MR) is 123 cm³/mol. The van der Waals surface area contributed by atoms with Crippen LogP contribution in [0.1, 0.15) is 36.8 Å². The number of hydrogen-bond acceptors (Lipinski definition) is 4. The molecular formula is C25H27ClN2O4. The van der Waals surface area contributed by atoms with Gasteiger partial charge in [0, 0.05) is 11.6 Å². The fourth-order valence-corrected chi connectivity index (χ4v) is 4.46. The maximum Gasteiger partial charge on any atom is 0.289 e. The molecule has 4 rings (SSSR count). The van der Waals surface area contributed by atoms with E-state index in [1.165, 1.54) is 0 Å². The lowest BCUT2D eigenvalue weighted by molar-refractivity contribution is -0.151. The molecule has 1 aliphatic heterocycles. The molecule has 1 heterocycles. The van der Waals surface area contributed by atoms with Gasteiger partial charge in [0.2, 0.25) is 5.91 Å². The second kappa shape index (κ2) is 10.1. The van der Waals surface area contributed by atoms with Gasteiger partial charge >= 0.3 is 0 Å². The van der Waals surface area contributed by atoms with Gasteiger partial charge in [-0.2, -0.15) is 0 Å². The third kappa shape index (κ3) is 5.07. The zero-order valence-corrected chi connectivity index (χ0v) is 18.8. The van der Waals surface area contributed by atoms with E-state index in [1.54, 1.807) is 24.2 Å². The number of ether oxygens (including phenoxy) is 2. The summed E-state index contributed by atoms with van der Waals surface area (Å²) < 4.78 is 11.3. The smallest absolute Gasteiger partial charge is 0.289 e. The van der Waals surface area contributed by atoms with Crippen LogP contribution < -0.4 is 10.1 Å². The van der Waals surface area contributed by atoms with Crippen LogP contribution in [0.3, 0.4) is 0 Å². The zero-order valence-electron chi connectivity index (χ0n) is 18.1. The molecule has 6 nitrogen and oxygen atoms in total. The molecule has 2 aromatic carbocycles. The van der Waals surface area contributed by atoms with Crippen LogP contribution in [0.25, 0.3) is 6.08 Å².